The lowest BCUT2D eigenvalue weighted by Crippen LogP contribution is -2.54. The molecule has 2 aliphatic rings. The monoisotopic (exact) mass is 464 g/mol. The average Bonchev–Trinajstić information content (AvgIpc) is 2.75. The molecular weight excluding hydrogens is 427 g/mol. The van der Waals surface area contributed by atoms with Crippen molar-refractivity contribution < 1.29 is 19.3 Å². The normalized spacial score (nSPS) is 20.3. The molecule has 30 heavy (non-hydrogen) atoms. The summed E-state index contributed by atoms with van der Waals surface area (Å²) in [4.78, 5) is 5.28. The summed E-state index contributed by atoms with van der Waals surface area (Å²) >= 11 is 0. The molecule has 0 amide bonds. The van der Waals surface area contributed by atoms with E-state index in [0.717, 1.165) is 37.4 Å². The van der Waals surface area contributed by atoms with Crippen molar-refractivity contribution in [2.75, 3.05) is 54.1 Å². The van der Waals surface area contributed by atoms with E-state index in [1.807, 2.05) is 12.1 Å². The van der Waals surface area contributed by atoms with Gasteiger partial charge in [-0.3, -0.25) is 4.90 Å². The van der Waals surface area contributed by atoms with Crippen LogP contribution in [0.5, 0.6) is 17.2 Å². The van der Waals surface area contributed by atoms with Gasteiger partial charge in [0, 0.05) is 25.7 Å². The van der Waals surface area contributed by atoms with Gasteiger partial charge in [0.1, 0.15) is 0 Å². The molecular formula is C22H38Cl2N2O4. The van der Waals surface area contributed by atoms with Gasteiger partial charge in [0.25, 0.3) is 0 Å². The number of hydrogen-bond donors (Lipinski definition) is 1. The van der Waals surface area contributed by atoms with Crippen LogP contribution in [0, 0.1) is 0 Å². The molecule has 174 valence electrons. The zero-order chi connectivity index (χ0) is 19.9. The van der Waals surface area contributed by atoms with Crippen LogP contribution in [0.2, 0.25) is 0 Å². The molecule has 0 spiro atoms. The van der Waals surface area contributed by atoms with E-state index in [0.29, 0.717) is 17.2 Å². The van der Waals surface area contributed by atoms with Crippen LogP contribution in [0.4, 0.5) is 0 Å². The molecule has 2 unspecified atom stereocenters. The maximum absolute atomic E-state index is 10.6. The quantitative estimate of drug-likeness (QED) is 0.558. The first-order valence-corrected chi connectivity index (χ1v) is 10.6. The van der Waals surface area contributed by atoms with Gasteiger partial charge in [0.15, 0.2) is 11.5 Å². The number of halogens is 2. The van der Waals surface area contributed by atoms with Gasteiger partial charge in [0.05, 0.1) is 27.4 Å². The number of nitrogens with zero attached hydrogens (tertiary/aromatic N) is 2. The number of methoxy groups -OCH3 is 3. The molecule has 0 aliphatic carbocycles. The molecule has 0 bridgehead atoms. The Hall–Kier alpha value is -0.920. The molecule has 2 fully saturated rings. The summed E-state index contributed by atoms with van der Waals surface area (Å²) in [5.74, 6) is 1.73. The SMILES string of the molecule is COc1cc(C(O)CCCCN2CCN3CCCCC3C2)cc(OC)c1OC.Cl.Cl. The highest BCUT2D eigenvalue weighted by molar-refractivity contribution is 5.85. The minimum Gasteiger partial charge on any atom is -0.493 e. The largest absolute Gasteiger partial charge is 0.493 e. The van der Waals surface area contributed by atoms with Crippen LogP contribution >= 0.6 is 24.8 Å². The van der Waals surface area contributed by atoms with Gasteiger partial charge >= 0.3 is 0 Å². The number of unbranched alkanes of at least 4 members (excludes halogenated alkanes) is 1. The summed E-state index contributed by atoms with van der Waals surface area (Å²) in [6.07, 6.45) is 6.45. The number of aliphatic hydroxyl groups excluding tert-OH is 1. The Morgan fingerprint density at radius 3 is 2.30 bits per heavy atom. The first-order valence-electron chi connectivity index (χ1n) is 10.6. The lowest BCUT2D eigenvalue weighted by molar-refractivity contribution is 0.0480. The molecule has 1 aromatic rings. The number of rotatable bonds is 9. The molecule has 8 heteroatoms. The summed E-state index contributed by atoms with van der Waals surface area (Å²) in [6, 6.07) is 4.45. The minimum absolute atomic E-state index is 0. The Morgan fingerprint density at radius 2 is 1.67 bits per heavy atom. The number of piperidine rings is 1. The Bertz CT molecular complexity index is 610. The van der Waals surface area contributed by atoms with Crippen LogP contribution in [0.25, 0.3) is 0 Å². The third-order valence-corrected chi connectivity index (χ3v) is 6.20. The Kier molecular flexibility index (Phi) is 12.2. The first kappa shape index (κ1) is 27.1. The molecule has 2 heterocycles. The molecule has 1 N–H and O–H groups in total. The second-order valence-corrected chi connectivity index (χ2v) is 7.96. The summed E-state index contributed by atoms with van der Waals surface area (Å²) in [7, 11) is 4.78. The maximum Gasteiger partial charge on any atom is 0.203 e. The molecule has 6 nitrogen and oxygen atoms in total. The topological polar surface area (TPSA) is 54.4 Å². The highest BCUT2D eigenvalue weighted by Crippen LogP contribution is 2.40. The molecule has 3 rings (SSSR count). The van der Waals surface area contributed by atoms with E-state index in [2.05, 4.69) is 9.80 Å². The number of fused-ring (bicyclic) bond motifs is 1. The highest BCUT2D eigenvalue weighted by atomic mass is 35.5. The molecule has 0 saturated carbocycles. The third-order valence-electron chi connectivity index (χ3n) is 6.20. The molecule has 2 saturated heterocycles. The second-order valence-electron chi connectivity index (χ2n) is 7.96. The van der Waals surface area contributed by atoms with E-state index in [1.54, 1.807) is 21.3 Å². The van der Waals surface area contributed by atoms with Crippen LogP contribution < -0.4 is 14.2 Å². The third kappa shape index (κ3) is 6.79. The zero-order valence-corrected chi connectivity index (χ0v) is 20.1. The van der Waals surface area contributed by atoms with Crippen LogP contribution in [-0.4, -0.2) is 75.0 Å². The fourth-order valence-corrected chi connectivity index (χ4v) is 4.56. The fraction of sp³-hybridized carbons (Fsp3) is 0.727. The second kappa shape index (κ2) is 13.5. The molecule has 1 aromatic carbocycles. The number of benzene rings is 1. The van der Waals surface area contributed by atoms with Gasteiger partial charge in [-0.05, 0) is 62.9 Å². The van der Waals surface area contributed by atoms with E-state index < -0.39 is 6.10 Å². The number of ether oxygens (including phenoxy) is 3. The summed E-state index contributed by atoms with van der Waals surface area (Å²) in [6.45, 7) is 6.05. The van der Waals surface area contributed by atoms with Crippen molar-refractivity contribution in [2.24, 2.45) is 0 Å². The highest BCUT2D eigenvalue weighted by Gasteiger charge is 2.28. The van der Waals surface area contributed by atoms with E-state index in [-0.39, 0.29) is 24.8 Å². The summed E-state index contributed by atoms with van der Waals surface area (Å²) in [5.41, 5.74) is 0.810. The van der Waals surface area contributed by atoms with Crippen LogP contribution in [0.3, 0.4) is 0 Å². The average molecular weight is 465 g/mol. The van der Waals surface area contributed by atoms with Gasteiger partial charge in [-0.15, -0.1) is 24.8 Å². The van der Waals surface area contributed by atoms with Gasteiger partial charge < -0.3 is 24.2 Å². The van der Waals surface area contributed by atoms with Crippen molar-refractivity contribution in [3.05, 3.63) is 17.7 Å². The van der Waals surface area contributed by atoms with Crippen molar-refractivity contribution in [3.63, 3.8) is 0 Å². The van der Waals surface area contributed by atoms with Crippen molar-refractivity contribution >= 4 is 24.8 Å². The lowest BCUT2D eigenvalue weighted by atomic mass is 9.99. The van der Waals surface area contributed by atoms with Crippen LogP contribution in [0.15, 0.2) is 12.1 Å². The smallest absolute Gasteiger partial charge is 0.203 e. The lowest BCUT2D eigenvalue weighted by Gasteiger charge is -2.44. The van der Waals surface area contributed by atoms with Crippen molar-refractivity contribution in [1.82, 2.24) is 9.80 Å². The number of hydrogen-bond acceptors (Lipinski definition) is 6. The molecule has 2 atom stereocenters. The Labute approximate surface area is 193 Å². The van der Waals surface area contributed by atoms with Crippen LogP contribution in [0.1, 0.15) is 50.2 Å². The predicted octanol–water partition coefficient (Wildman–Crippen LogP) is 3.93. The fourth-order valence-electron chi connectivity index (χ4n) is 4.56. The van der Waals surface area contributed by atoms with Crippen LogP contribution in [-0.2, 0) is 0 Å². The molecule has 2 aliphatic heterocycles. The van der Waals surface area contributed by atoms with E-state index >= 15 is 0 Å². The van der Waals surface area contributed by atoms with Gasteiger partial charge in [-0.25, -0.2) is 0 Å². The number of piperazine rings is 1. The van der Waals surface area contributed by atoms with Crippen molar-refractivity contribution in [2.45, 2.75) is 50.7 Å². The molecule has 0 aromatic heterocycles. The van der Waals surface area contributed by atoms with E-state index in [1.165, 1.54) is 45.4 Å². The maximum atomic E-state index is 10.6. The predicted molar refractivity (Wildman–Crippen MR) is 125 cm³/mol. The first-order chi connectivity index (χ1) is 13.7. The number of aliphatic hydroxyl groups is 1. The van der Waals surface area contributed by atoms with Gasteiger partial charge in [-0.2, -0.15) is 0 Å². The summed E-state index contributed by atoms with van der Waals surface area (Å²) in [5, 5.41) is 10.6. The van der Waals surface area contributed by atoms with Crippen molar-refractivity contribution in [1.29, 1.82) is 0 Å². The van der Waals surface area contributed by atoms with Gasteiger partial charge in [-0.1, -0.05) is 6.42 Å². The van der Waals surface area contributed by atoms with E-state index in [4.69, 9.17) is 14.2 Å². The van der Waals surface area contributed by atoms with E-state index in [9.17, 15) is 5.11 Å². The molecule has 0 radical (unpaired) electrons. The minimum atomic E-state index is -0.524. The zero-order valence-electron chi connectivity index (χ0n) is 18.5. The standard InChI is InChI=1S/C22H36N2O4.2ClH/c1-26-20-14-17(15-21(27-2)22(20)28-3)19(25)9-5-6-10-23-12-13-24-11-7-4-8-18(24)16-23;;/h14-15,18-19,25H,4-13,16H2,1-3H3;2*1H. The Balaban J connectivity index is 0.00000225. The summed E-state index contributed by atoms with van der Waals surface area (Å²) < 4.78 is 16.1. The Morgan fingerprint density at radius 1 is 0.967 bits per heavy atom. The van der Waals surface area contributed by atoms with Crippen molar-refractivity contribution in [3.8, 4) is 17.2 Å². The van der Waals surface area contributed by atoms with Gasteiger partial charge in [0.2, 0.25) is 5.75 Å².